The second-order valence-corrected chi connectivity index (χ2v) is 19.2. The van der Waals surface area contributed by atoms with E-state index in [2.05, 4.69) is 303 Å². The van der Waals surface area contributed by atoms with Crippen LogP contribution in [0.5, 0.6) is 0 Å². The van der Waals surface area contributed by atoms with Crippen molar-refractivity contribution in [1.82, 2.24) is 0 Å². The first-order valence-corrected chi connectivity index (χ1v) is 25.3. The Morgan fingerprint density at radius 1 is 0.151 bits per heavy atom. The summed E-state index contributed by atoms with van der Waals surface area (Å²) in [6.45, 7) is 0. The summed E-state index contributed by atoms with van der Waals surface area (Å²) in [5.41, 5.74) is 26.3. The van der Waals surface area contributed by atoms with Gasteiger partial charge >= 0.3 is 0 Å². The average molecular weight is 927 g/mol. The van der Waals surface area contributed by atoms with Crippen LogP contribution in [0.2, 0.25) is 0 Å². The van der Waals surface area contributed by atoms with Crippen LogP contribution >= 0.6 is 0 Å². The van der Waals surface area contributed by atoms with Crippen molar-refractivity contribution in [3.05, 3.63) is 326 Å². The van der Waals surface area contributed by atoms with Gasteiger partial charge in [0.2, 0.25) is 0 Å². The molecule has 0 radical (unpaired) electrons. The SMILES string of the molecule is c1ccc(-c2cc(-c3ccccc3)cc(-c3ccc(-c4ccc5c(c4)C(c4ccccc4)(c4ccccc4)c4cc(-c6ccc(-c7cc(-c8ccccc8)cc(-c8ccccc8)c7)cc6)ccc4-5)cc3)c2)cc1. The summed E-state index contributed by atoms with van der Waals surface area (Å²) in [6, 6.07) is 112. The topological polar surface area (TPSA) is 0 Å². The second-order valence-electron chi connectivity index (χ2n) is 19.2. The minimum atomic E-state index is -0.559. The molecule has 0 nitrogen and oxygen atoms in total. The molecular weight excluding hydrogens is 877 g/mol. The summed E-state index contributed by atoms with van der Waals surface area (Å²) in [7, 11) is 0. The Bertz CT molecular complexity index is 3500. The second kappa shape index (κ2) is 18.8. The Balaban J connectivity index is 0.896. The third kappa shape index (κ3) is 8.10. The van der Waals surface area contributed by atoms with Gasteiger partial charge in [0.15, 0.2) is 0 Å². The lowest BCUT2D eigenvalue weighted by atomic mass is 9.67. The Morgan fingerprint density at radius 2 is 0.356 bits per heavy atom. The van der Waals surface area contributed by atoms with Crippen LogP contribution < -0.4 is 0 Å². The summed E-state index contributed by atoms with van der Waals surface area (Å²) >= 11 is 0. The largest absolute Gasteiger partial charge is 0.0713 e. The van der Waals surface area contributed by atoms with E-state index < -0.39 is 5.41 Å². The molecule has 0 bridgehead atoms. The van der Waals surface area contributed by atoms with Crippen molar-refractivity contribution in [2.24, 2.45) is 0 Å². The van der Waals surface area contributed by atoms with E-state index in [0.717, 1.165) is 0 Å². The molecule has 13 rings (SSSR count). The van der Waals surface area contributed by atoms with Crippen LogP contribution in [-0.2, 0) is 5.41 Å². The highest BCUT2D eigenvalue weighted by atomic mass is 14.5. The molecule has 0 N–H and O–H groups in total. The third-order valence-corrected chi connectivity index (χ3v) is 14.9. The molecule has 0 saturated carbocycles. The summed E-state index contributed by atoms with van der Waals surface area (Å²) < 4.78 is 0. The van der Waals surface area contributed by atoms with Gasteiger partial charge in [-0.2, -0.15) is 0 Å². The van der Waals surface area contributed by atoms with Crippen LogP contribution in [0.1, 0.15) is 22.3 Å². The molecule has 0 unspecified atom stereocenters. The van der Waals surface area contributed by atoms with Gasteiger partial charge in [0.25, 0.3) is 0 Å². The number of fused-ring (bicyclic) bond motifs is 3. The normalized spacial score (nSPS) is 12.2. The molecule has 73 heavy (non-hydrogen) atoms. The fourth-order valence-electron chi connectivity index (χ4n) is 11.3. The van der Waals surface area contributed by atoms with Gasteiger partial charge in [0, 0.05) is 0 Å². The van der Waals surface area contributed by atoms with Crippen molar-refractivity contribution < 1.29 is 0 Å². The quantitative estimate of drug-likeness (QED) is 0.128. The Labute approximate surface area is 428 Å². The molecule has 0 spiro atoms. The first-order chi connectivity index (χ1) is 36.2. The molecule has 0 aromatic heterocycles. The van der Waals surface area contributed by atoms with Gasteiger partial charge in [-0.3, -0.25) is 0 Å². The van der Waals surface area contributed by atoms with E-state index in [1.165, 1.54) is 122 Å². The first kappa shape index (κ1) is 43.6. The Hall–Kier alpha value is -9.36. The van der Waals surface area contributed by atoms with Crippen LogP contribution in [0, 0.1) is 0 Å². The van der Waals surface area contributed by atoms with Gasteiger partial charge in [-0.1, -0.05) is 255 Å². The van der Waals surface area contributed by atoms with Crippen molar-refractivity contribution in [2.75, 3.05) is 0 Å². The molecule has 1 aliphatic carbocycles. The molecule has 12 aromatic rings. The number of hydrogen-bond donors (Lipinski definition) is 0. The van der Waals surface area contributed by atoms with E-state index in [-0.39, 0.29) is 0 Å². The van der Waals surface area contributed by atoms with E-state index in [1.54, 1.807) is 0 Å². The Morgan fingerprint density at radius 3 is 0.616 bits per heavy atom. The molecule has 12 aromatic carbocycles. The maximum absolute atomic E-state index is 2.47. The highest BCUT2D eigenvalue weighted by Crippen LogP contribution is 2.57. The molecule has 0 heteroatoms. The lowest BCUT2D eigenvalue weighted by Crippen LogP contribution is -2.28. The molecular formula is C73H50. The van der Waals surface area contributed by atoms with Crippen LogP contribution in [0.15, 0.2) is 303 Å². The van der Waals surface area contributed by atoms with E-state index >= 15 is 0 Å². The molecule has 0 saturated heterocycles. The monoisotopic (exact) mass is 926 g/mol. The van der Waals surface area contributed by atoms with E-state index in [0.29, 0.717) is 0 Å². The summed E-state index contributed by atoms with van der Waals surface area (Å²) in [5, 5.41) is 0. The molecule has 0 amide bonds. The highest BCUT2D eigenvalue weighted by Gasteiger charge is 2.46. The van der Waals surface area contributed by atoms with Gasteiger partial charge < -0.3 is 0 Å². The van der Waals surface area contributed by atoms with Crippen molar-refractivity contribution in [1.29, 1.82) is 0 Å². The predicted molar refractivity (Wildman–Crippen MR) is 307 cm³/mol. The fourth-order valence-corrected chi connectivity index (χ4v) is 11.3. The van der Waals surface area contributed by atoms with E-state index in [9.17, 15) is 0 Å². The van der Waals surface area contributed by atoms with E-state index in [1.807, 2.05) is 0 Å². The molecule has 1 aliphatic rings. The average Bonchev–Trinajstić information content (AvgIpc) is 3.78. The summed E-state index contributed by atoms with van der Waals surface area (Å²) in [5.74, 6) is 0. The van der Waals surface area contributed by atoms with Crippen LogP contribution in [0.25, 0.3) is 100 Å². The first-order valence-electron chi connectivity index (χ1n) is 25.3. The highest BCUT2D eigenvalue weighted by molar-refractivity contribution is 5.91. The molecule has 0 atom stereocenters. The summed E-state index contributed by atoms with van der Waals surface area (Å²) in [4.78, 5) is 0. The summed E-state index contributed by atoms with van der Waals surface area (Å²) in [6.07, 6.45) is 0. The van der Waals surface area contributed by atoms with Gasteiger partial charge in [-0.15, -0.1) is 0 Å². The zero-order chi connectivity index (χ0) is 48.6. The predicted octanol–water partition coefficient (Wildman–Crippen LogP) is 19.4. The lowest BCUT2D eigenvalue weighted by Gasteiger charge is -2.34. The number of hydrogen-bond acceptors (Lipinski definition) is 0. The molecule has 342 valence electrons. The minimum absolute atomic E-state index is 0.559. The maximum Gasteiger partial charge on any atom is 0.0713 e. The van der Waals surface area contributed by atoms with Crippen molar-refractivity contribution in [2.45, 2.75) is 5.41 Å². The van der Waals surface area contributed by atoms with Gasteiger partial charge in [-0.25, -0.2) is 0 Å². The van der Waals surface area contributed by atoms with Crippen molar-refractivity contribution in [3.63, 3.8) is 0 Å². The number of benzene rings is 12. The molecule has 0 heterocycles. The lowest BCUT2D eigenvalue weighted by molar-refractivity contribution is 0.769. The smallest absolute Gasteiger partial charge is 0.0622 e. The standard InChI is InChI=1S/C73H50/c1-7-19-51(20-8-1)61-43-62(52-21-9-2-10-22-52)46-65(45-61)57-35-31-55(32-36-57)59-39-41-69-70-42-40-60(50-72(70)73(71(69)49-59,67-27-15-5-16-28-67)68-29-17-6-18-30-68)56-33-37-58(38-34-56)66-47-63(53-23-11-3-12-24-53)44-64(48-66)54-25-13-4-14-26-54/h1-50H. The van der Waals surface area contributed by atoms with Crippen LogP contribution in [0.4, 0.5) is 0 Å². The Kier molecular flexibility index (Phi) is 11.2. The molecule has 0 aliphatic heterocycles. The van der Waals surface area contributed by atoms with E-state index in [4.69, 9.17) is 0 Å². The van der Waals surface area contributed by atoms with Gasteiger partial charge in [0.05, 0.1) is 5.41 Å². The van der Waals surface area contributed by atoms with Gasteiger partial charge in [0.1, 0.15) is 0 Å². The number of rotatable bonds is 10. The van der Waals surface area contributed by atoms with Gasteiger partial charge in [-0.05, 0) is 171 Å². The maximum atomic E-state index is 2.47. The zero-order valence-electron chi connectivity index (χ0n) is 40.4. The zero-order valence-corrected chi connectivity index (χ0v) is 40.4. The third-order valence-electron chi connectivity index (χ3n) is 14.9. The van der Waals surface area contributed by atoms with Crippen molar-refractivity contribution in [3.8, 4) is 100 Å². The van der Waals surface area contributed by atoms with Crippen molar-refractivity contribution >= 4 is 0 Å². The molecule has 0 fully saturated rings. The van der Waals surface area contributed by atoms with Crippen LogP contribution in [-0.4, -0.2) is 0 Å². The fraction of sp³-hybridized carbons (Fsp3) is 0.0137. The minimum Gasteiger partial charge on any atom is -0.0622 e. The van der Waals surface area contributed by atoms with Crippen LogP contribution in [0.3, 0.4) is 0 Å².